The van der Waals surface area contributed by atoms with Gasteiger partial charge >= 0.3 is 0 Å². The van der Waals surface area contributed by atoms with Gasteiger partial charge in [-0.05, 0) is 29.8 Å². The van der Waals surface area contributed by atoms with Crippen LogP contribution in [0.25, 0.3) is 0 Å². The number of nitrogens with one attached hydrogen (secondary N) is 1. The van der Waals surface area contributed by atoms with E-state index in [0.717, 1.165) is 29.8 Å². The predicted octanol–water partition coefficient (Wildman–Crippen LogP) is 4.25. The standard InChI is InChI=1S/C26H25FN2O3/c27-19-11-9-18(10-12-19)22(29-13-15-31-16-14-29)17-28-26(30)25-20-5-1-3-7-23(20)32-24-8-4-2-6-21(24)25/h1-12,22,25H,13-17H2,(H,28,30)/t22-/m1/s1. The summed E-state index contributed by atoms with van der Waals surface area (Å²) in [5.74, 6) is 0.612. The lowest BCUT2D eigenvalue weighted by Gasteiger charge is -2.35. The molecular weight excluding hydrogens is 407 g/mol. The van der Waals surface area contributed by atoms with Gasteiger partial charge in [0, 0.05) is 30.8 Å². The number of nitrogens with zero attached hydrogens (tertiary/aromatic N) is 1. The zero-order valence-corrected chi connectivity index (χ0v) is 17.7. The van der Waals surface area contributed by atoms with E-state index in [-0.39, 0.29) is 17.8 Å². The molecule has 0 unspecified atom stereocenters. The molecule has 0 aromatic heterocycles. The van der Waals surface area contributed by atoms with Gasteiger partial charge in [0.25, 0.3) is 0 Å². The second-order valence-electron chi connectivity index (χ2n) is 8.07. The molecule has 3 aromatic carbocycles. The SMILES string of the molecule is O=C(NC[C@H](c1ccc(F)cc1)N1CCOCC1)C1c2ccccc2Oc2ccccc21. The molecule has 1 amide bonds. The molecule has 6 heteroatoms. The second-order valence-corrected chi connectivity index (χ2v) is 8.07. The fourth-order valence-electron chi connectivity index (χ4n) is 4.52. The van der Waals surface area contributed by atoms with Crippen molar-refractivity contribution in [2.75, 3.05) is 32.8 Å². The van der Waals surface area contributed by atoms with E-state index in [1.807, 2.05) is 48.5 Å². The molecule has 2 aliphatic heterocycles. The van der Waals surface area contributed by atoms with Crippen LogP contribution in [0.4, 0.5) is 4.39 Å². The number of para-hydroxylation sites is 2. The number of benzene rings is 3. The summed E-state index contributed by atoms with van der Waals surface area (Å²) in [5, 5.41) is 3.17. The largest absolute Gasteiger partial charge is 0.457 e. The fraction of sp³-hybridized carbons (Fsp3) is 0.269. The van der Waals surface area contributed by atoms with Gasteiger partial charge in [-0.3, -0.25) is 9.69 Å². The Morgan fingerprint density at radius 2 is 1.53 bits per heavy atom. The molecule has 2 aliphatic rings. The van der Waals surface area contributed by atoms with Crippen LogP contribution in [-0.4, -0.2) is 43.7 Å². The van der Waals surface area contributed by atoms with E-state index >= 15 is 0 Å². The molecule has 5 nitrogen and oxygen atoms in total. The van der Waals surface area contributed by atoms with Crippen molar-refractivity contribution in [3.05, 3.63) is 95.3 Å². The molecule has 0 spiro atoms. The predicted molar refractivity (Wildman–Crippen MR) is 119 cm³/mol. The van der Waals surface area contributed by atoms with Crippen LogP contribution in [0.5, 0.6) is 11.5 Å². The topological polar surface area (TPSA) is 50.8 Å². The molecule has 0 bridgehead atoms. The molecular formula is C26H25FN2O3. The minimum Gasteiger partial charge on any atom is -0.457 e. The summed E-state index contributed by atoms with van der Waals surface area (Å²) >= 11 is 0. The van der Waals surface area contributed by atoms with Gasteiger partial charge in [0.05, 0.1) is 25.2 Å². The number of halogens is 1. The smallest absolute Gasteiger partial charge is 0.232 e. The van der Waals surface area contributed by atoms with E-state index in [4.69, 9.17) is 9.47 Å². The Bertz CT molecular complexity index is 1050. The zero-order valence-electron chi connectivity index (χ0n) is 17.7. The van der Waals surface area contributed by atoms with Gasteiger partial charge in [-0.2, -0.15) is 0 Å². The number of morpholine rings is 1. The second kappa shape index (κ2) is 9.10. The van der Waals surface area contributed by atoms with Crippen LogP contribution in [0, 0.1) is 5.82 Å². The van der Waals surface area contributed by atoms with E-state index in [1.54, 1.807) is 12.1 Å². The third kappa shape index (κ3) is 4.11. The van der Waals surface area contributed by atoms with Crippen molar-refractivity contribution in [1.82, 2.24) is 10.2 Å². The van der Waals surface area contributed by atoms with Gasteiger partial charge in [-0.1, -0.05) is 48.5 Å². The fourth-order valence-corrected chi connectivity index (χ4v) is 4.52. The molecule has 1 atom stereocenters. The third-order valence-electron chi connectivity index (χ3n) is 6.15. The maximum atomic E-state index is 13.5. The Labute approximate surface area is 186 Å². The van der Waals surface area contributed by atoms with Crippen LogP contribution >= 0.6 is 0 Å². The van der Waals surface area contributed by atoms with Crippen LogP contribution in [0.2, 0.25) is 0 Å². The van der Waals surface area contributed by atoms with Crippen molar-refractivity contribution in [3.8, 4) is 11.5 Å². The molecule has 32 heavy (non-hydrogen) atoms. The molecule has 5 rings (SSSR count). The summed E-state index contributed by atoms with van der Waals surface area (Å²) in [6.07, 6.45) is 0. The minimum absolute atomic E-state index is 0.0613. The molecule has 1 N–H and O–H groups in total. The summed E-state index contributed by atoms with van der Waals surface area (Å²) in [5.41, 5.74) is 2.68. The van der Waals surface area contributed by atoms with Gasteiger partial charge in [-0.25, -0.2) is 4.39 Å². The lowest BCUT2D eigenvalue weighted by molar-refractivity contribution is -0.122. The van der Waals surface area contributed by atoms with Crippen molar-refractivity contribution in [3.63, 3.8) is 0 Å². The lowest BCUT2D eigenvalue weighted by Crippen LogP contribution is -2.44. The monoisotopic (exact) mass is 432 g/mol. The number of ether oxygens (including phenoxy) is 2. The number of hydrogen-bond acceptors (Lipinski definition) is 4. The Morgan fingerprint density at radius 1 is 0.938 bits per heavy atom. The Hall–Kier alpha value is -3.22. The highest BCUT2D eigenvalue weighted by Crippen LogP contribution is 2.43. The number of amides is 1. The molecule has 164 valence electrons. The van der Waals surface area contributed by atoms with Crippen molar-refractivity contribution in [2.24, 2.45) is 0 Å². The van der Waals surface area contributed by atoms with Crippen LogP contribution in [0.1, 0.15) is 28.7 Å². The number of carbonyl (C=O) groups excluding carboxylic acids is 1. The Balaban J connectivity index is 1.40. The normalized spacial score (nSPS) is 17.0. The van der Waals surface area contributed by atoms with Crippen molar-refractivity contribution in [1.29, 1.82) is 0 Å². The third-order valence-corrected chi connectivity index (χ3v) is 6.15. The van der Waals surface area contributed by atoms with Crippen molar-refractivity contribution in [2.45, 2.75) is 12.0 Å². The summed E-state index contributed by atoms with van der Waals surface area (Å²) in [4.78, 5) is 15.8. The van der Waals surface area contributed by atoms with Crippen molar-refractivity contribution < 1.29 is 18.7 Å². The average Bonchev–Trinajstić information content (AvgIpc) is 2.84. The van der Waals surface area contributed by atoms with Gasteiger partial charge < -0.3 is 14.8 Å². The summed E-state index contributed by atoms with van der Waals surface area (Å²) in [6, 6.07) is 21.8. The molecule has 2 heterocycles. The first-order valence-electron chi connectivity index (χ1n) is 10.9. The first-order chi connectivity index (χ1) is 15.7. The van der Waals surface area contributed by atoms with E-state index < -0.39 is 5.92 Å². The quantitative estimate of drug-likeness (QED) is 0.655. The minimum atomic E-state index is -0.449. The van der Waals surface area contributed by atoms with Gasteiger partial charge in [0.1, 0.15) is 17.3 Å². The maximum Gasteiger partial charge on any atom is 0.232 e. The van der Waals surface area contributed by atoms with E-state index in [9.17, 15) is 9.18 Å². The average molecular weight is 432 g/mol. The van der Waals surface area contributed by atoms with Crippen LogP contribution in [0.3, 0.4) is 0 Å². The van der Waals surface area contributed by atoms with E-state index in [0.29, 0.717) is 31.3 Å². The highest BCUT2D eigenvalue weighted by molar-refractivity contribution is 5.89. The molecule has 3 aromatic rings. The van der Waals surface area contributed by atoms with Crippen molar-refractivity contribution >= 4 is 5.91 Å². The molecule has 1 fully saturated rings. The highest BCUT2D eigenvalue weighted by atomic mass is 19.1. The maximum absolute atomic E-state index is 13.5. The molecule has 0 saturated carbocycles. The first-order valence-corrected chi connectivity index (χ1v) is 10.9. The number of hydrogen-bond donors (Lipinski definition) is 1. The number of rotatable bonds is 5. The molecule has 0 radical (unpaired) electrons. The first kappa shape index (κ1) is 20.7. The van der Waals surface area contributed by atoms with E-state index in [2.05, 4.69) is 10.2 Å². The van der Waals surface area contributed by atoms with Crippen LogP contribution in [-0.2, 0) is 9.53 Å². The van der Waals surface area contributed by atoms with Gasteiger partial charge in [-0.15, -0.1) is 0 Å². The summed E-state index contributed by atoms with van der Waals surface area (Å²) < 4.78 is 25.0. The molecule has 0 aliphatic carbocycles. The van der Waals surface area contributed by atoms with Crippen LogP contribution < -0.4 is 10.1 Å². The van der Waals surface area contributed by atoms with Gasteiger partial charge in [0.15, 0.2) is 0 Å². The zero-order chi connectivity index (χ0) is 21.9. The van der Waals surface area contributed by atoms with Crippen LogP contribution in [0.15, 0.2) is 72.8 Å². The number of carbonyl (C=O) groups is 1. The number of fused-ring (bicyclic) bond motifs is 2. The Kier molecular flexibility index (Phi) is 5.88. The lowest BCUT2D eigenvalue weighted by atomic mass is 9.87. The van der Waals surface area contributed by atoms with Gasteiger partial charge in [0.2, 0.25) is 5.91 Å². The summed E-state index contributed by atoms with van der Waals surface area (Å²) in [6.45, 7) is 3.24. The Morgan fingerprint density at radius 3 is 2.16 bits per heavy atom. The molecule has 1 saturated heterocycles. The van der Waals surface area contributed by atoms with E-state index in [1.165, 1.54) is 12.1 Å². The highest BCUT2D eigenvalue weighted by Gasteiger charge is 2.33. The summed E-state index contributed by atoms with van der Waals surface area (Å²) in [7, 11) is 0.